The number of carbonyl (C=O) groups excluding carboxylic acids is 1. The molecular formula is C17H24ClN3O. The predicted octanol–water partition coefficient (Wildman–Crippen LogP) is 2.82. The van der Waals surface area contributed by atoms with Gasteiger partial charge in [0.05, 0.1) is 5.02 Å². The lowest BCUT2D eigenvalue weighted by Crippen LogP contribution is -2.40. The van der Waals surface area contributed by atoms with Crippen molar-refractivity contribution in [3.63, 3.8) is 0 Å². The molecule has 22 heavy (non-hydrogen) atoms. The van der Waals surface area contributed by atoms with Crippen LogP contribution in [0.25, 0.3) is 0 Å². The summed E-state index contributed by atoms with van der Waals surface area (Å²) in [7, 11) is 3.75. The predicted molar refractivity (Wildman–Crippen MR) is 87.6 cm³/mol. The van der Waals surface area contributed by atoms with Gasteiger partial charge in [-0.25, -0.2) is 0 Å². The van der Waals surface area contributed by atoms with Gasteiger partial charge in [0.1, 0.15) is 0 Å². The summed E-state index contributed by atoms with van der Waals surface area (Å²) in [6.45, 7) is 2.95. The van der Waals surface area contributed by atoms with Crippen molar-refractivity contribution >= 4 is 17.5 Å². The fourth-order valence-electron chi connectivity index (χ4n) is 4.24. The molecular weight excluding hydrogens is 298 g/mol. The van der Waals surface area contributed by atoms with Gasteiger partial charge in [0.2, 0.25) is 5.91 Å². The first-order chi connectivity index (χ1) is 10.5. The van der Waals surface area contributed by atoms with E-state index in [1.54, 1.807) is 11.1 Å². The molecule has 1 saturated carbocycles. The molecule has 1 saturated heterocycles. The number of amides is 1. The number of carbonyl (C=O) groups is 1. The van der Waals surface area contributed by atoms with Crippen molar-refractivity contribution in [2.75, 3.05) is 27.2 Å². The molecule has 1 aliphatic heterocycles. The van der Waals surface area contributed by atoms with Crippen LogP contribution in [0.5, 0.6) is 0 Å². The van der Waals surface area contributed by atoms with E-state index in [0.717, 1.165) is 38.0 Å². The SMILES string of the molecule is CN(C)C(=O)[C@@H]1CCC[C@]12CCN(Cc1cncc(Cl)c1)C2. The van der Waals surface area contributed by atoms with E-state index in [1.165, 1.54) is 12.8 Å². The van der Waals surface area contributed by atoms with Crippen LogP contribution >= 0.6 is 11.6 Å². The summed E-state index contributed by atoms with van der Waals surface area (Å²) in [6, 6.07) is 1.98. The zero-order valence-corrected chi connectivity index (χ0v) is 14.1. The number of hydrogen-bond donors (Lipinski definition) is 0. The van der Waals surface area contributed by atoms with Crippen molar-refractivity contribution in [2.45, 2.75) is 32.2 Å². The molecule has 0 N–H and O–H groups in total. The first-order valence-electron chi connectivity index (χ1n) is 8.03. The van der Waals surface area contributed by atoms with E-state index in [1.807, 2.05) is 26.4 Å². The molecule has 3 rings (SSSR count). The Hall–Kier alpha value is -1.13. The molecule has 1 aromatic rings. The minimum absolute atomic E-state index is 0.188. The van der Waals surface area contributed by atoms with E-state index in [-0.39, 0.29) is 11.3 Å². The number of aromatic nitrogens is 1. The highest BCUT2D eigenvalue weighted by Gasteiger charge is 2.50. The minimum atomic E-state index is 0.188. The second kappa shape index (κ2) is 6.17. The zero-order chi connectivity index (χ0) is 15.7. The average molecular weight is 322 g/mol. The van der Waals surface area contributed by atoms with Gasteiger partial charge in [-0.15, -0.1) is 0 Å². The number of rotatable bonds is 3. The highest BCUT2D eigenvalue weighted by molar-refractivity contribution is 6.30. The quantitative estimate of drug-likeness (QED) is 0.859. The van der Waals surface area contributed by atoms with E-state index >= 15 is 0 Å². The number of pyridine rings is 1. The summed E-state index contributed by atoms with van der Waals surface area (Å²) >= 11 is 6.02. The third-order valence-corrected chi connectivity index (χ3v) is 5.48. The largest absolute Gasteiger partial charge is 0.349 e. The van der Waals surface area contributed by atoms with Crippen LogP contribution in [-0.4, -0.2) is 47.9 Å². The Morgan fingerprint density at radius 1 is 1.45 bits per heavy atom. The van der Waals surface area contributed by atoms with E-state index in [2.05, 4.69) is 9.88 Å². The standard InChI is InChI=1S/C17H24ClN3O/c1-20(2)16(22)15-4-3-5-17(15)6-7-21(12-17)11-13-8-14(18)10-19-9-13/h8-10,15H,3-7,11-12H2,1-2H3/t15-,17+/m0/s1. The van der Waals surface area contributed by atoms with Crippen LogP contribution < -0.4 is 0 Å². The molecule has 0 radical (unpaired) electrons. The fourth-order valence-corrected chi connectivity index (χ4v) is 4.44. The number of halogens is 1. The normalized spacial score (nSPS) is 28.4. The Bertz CT molecular complexity index is 563. The monoisotopic (exact) mass is 321 g/mol. The number of nitrogens with zero attached hydrogens (tertiary/aromatic N) is 3. The lowest BCUT2D eigenvalue weighted by molar-refractivity contribution is -0.136. The molecule has 5 heteroatoms. The van der Waals surface area contributed by atoms with Gasteiger partial charge in [-0.1, -0.05) is 18.0 Å². The van der Waals surface area contributed by atoms with Crippen molar-refractivity contribution in [1.29, 1.82) is 0 Å². The molecule has 0 bridgehead atoms. The van der Waals surface area contributed by atoms with E-state index in [4.69, 9.17) is 11.6 Å². The van der Waals surface area contributed by atoms with Crippen LogP contribution in [0.2, 0.25) is 5.02 Å². The lowest BCUT2D eigenvalue weighted by Gasteiger charge is -2.32. The van der Waals surface area contributed by atoms with Gasteiger partial charge in [-0.05, 0) is 42.9 Å². The molecule has 2 heterocycles. The summed E-state index contributed by atoms with van der Waals surface area (Å²) in [4.78, 5) is 20.9. The van der Waals surface area contributed by atoms with Crippen molar-refractivity contribution in [1.82, 2.24) is 14.8 Å². The molecule has 2 atom stereocenters. The van der Waals surface area contributed by atoms with Crippen LogP contribution in [0.1, 0.15) is 31.2 Å². The average Bonchev–Trinajstić information content (AvgIpc) is 3.06. The van der Waals surface area contributed by atoms with Gasteiger partial charge in [0.25, 0.3) is 0 Å². The summed E-state index contributed by atoms with van der Waals surface area (Å²) < 4.78 is 0. The van der Waals surface area contributed by atoms with Crippen LogP contribution in [-0.2, 0) is 11.3 Å². The summed E-state index contributed by atoms with van der Waals surface area (Å²) in [5, 5.41) is 0.688. The Morgan fingerprint density at radius 2 is 2.27 bits per heavy atom. The smallest absolute Gasteiger partial charge is 0.225 e. The van der Waals surface area contributed by atoms with Crippen LogP contribution in [0.15, 0.2) is 18.5 Å². The van der Waals surface area contributed by atoms with Crippen LogP contribution in [0, 0.1) is 11.3 Å². The molecule has 4 nitrogen and oxygen atoms in total. The molecule has 2 fully saturated rings. The van der Waals surface area contributed by atoms with Gasteiger partial charge < -0.3 is 4.90 Å². The Morgan fingerprint density at radius 3 is 3.00 bits per heavy atom. The van der Waals surface area contributed by atoms with Gasteiger partial charge in [0.15, 0.2) is 0 Å². The molecule has 2 aliphatic rings. The van der Waals surface area contributed by atoms with E-state index in [9.17, 15) is 4.79 Å². The van der Waals surface area contributed by atoms with Crippen LogP contribution in [0.3, 0.4) is 0 Å². The van der Waals surface area contributed by atoms with Crippen molar-refractivity contribution in [3.05, 3.63) is 29.0 Å². The Labute approximate surface area is 137 Å². The second-order valence-corrected chi connectivity index (χ2v) is 7.45. The van der Waals surface area contributed by atoms with Gasteiger partial charge in [0, 0.05) is 45.5 Å². The number of likely N-dealkylation sites (tertiary alicyclic amines) is 1. The third-order valence-electron chi connectivity index (χ3n) is 5.28. The molecule has 120 valence electrons. The summed E-state index contributed by atoms with van der Waals surface area (Å²) in [5.74, 6) is 0.508. The maximum absolute atomic E-state index is 12.5. The molecule has 0 aromatic carbocycles. The Kier molecular flexibility index (Phi) is 4.42. The summed E-state index contributed by atoms with van der Waals surface area (Å²) in [5.41, 5.74) is 1.34. The molecule has 1 spiro atoms. The van der Waals surface area contributed by atoms with Gasteiger partial charge >= 0.3 is 0 Å². The first kappa shape index (κ1) is 15.8. The first-order valence-corrected chi connectivity index (χ1v) is 8.41. The van der Waals surface area contributed by atoms with Gasteiger partial charge in [-0.3, -0.25) is 14.7 Å². The molecule has 0 unspecified atom stereocenters. The highest BCUT2D eigenvalue weighted by Crippen LogP contribution is 2.50. The third kappa shape index (κ3) is 2.99. The van der Waals surface area contributed by atoms with E-state index in [0.29, 0.717) is 10.9 Å². The highest BCUT2D eigenvalue weighted by atomic mass is 35.5. The number of hydrogen-bond acceptors (Lipinski definition) is 3. The lowest BCUT2D eigenvalue weighted by atomic mass is 9.76. The topological polar surface area (TPSA) is 36.4 Å². The molecule has 1 aromatic heterocycles. The maximum atomic E-state index is 12.5. The maximum Gasteiger partial charge on any atom is 0.225 e. The van der Waals surface area contributed by atoms with Crippen molar-refractivity contribution in [3.8, 4) is 0 Å². The minimum Gasteiger partial charge on any atom is -0.349 e. The molecule has 1 amide bonds. The fraction of sp³-hybridized carbons (Fsp3) is 0.647. The van der Waals surface area contributed by atoms with Gasteiger partial charge in [-0.2, -0.15) is 0 Å². The van der Waals surface area contributed by atoms with Crippen molar-refractivity contribution in [2.24, 2.45) is 11.3 Å². The van der Waals surface area contributed by atoms with Crippen LogP contribution in [0.4, 0.5) is 0 Å². The summed E-state index contributed by atoms with van der Waals surface area (Å²) in [6.07, 6.45) is 8.08. The zero-order valence-electron chi connectivity index (χ0n) is 13.4. The van der Waals surface area contributed by atoms with Crippen molar-refractivity contribution < 1.29 is 4.79 Å². The Balaban J connectivity index is 1.69. The van der Waals surface area contributed by atoms with E-state index < -0.39 is 0 Å². The molecule has 1 aliphatic carbocycles. The second-order valence-electron chi connectivity index (χ2n) is 7.01.